The van der Waals surface area contributed by atoms with Crippen LogP contribution in [0.25, 0.3) is 6.08 Å². The van der Waals surface area contributed by atoms with Crippen molar-refractivity contribution in [3.8, 4) is 0 Å². The number of nitrogens with zero attached hydrogens (tertiary/aromatic N) is 2. The highest BCUT2D eigenvalue weighted by atomic mass is 35.5. The molecule has 1 saturated heterocycles. The first-order valence-electron chi connectivity index (χ1n) is 10.8. The lowest BCUT2D eigenvalue weighted by Crippen LogP contribution is -2.48. The molecule has 4 rings (SSSR count). The first kappa shape index (κ1) is 22.9. The molecule has 168 valence electrons. The average molecular weight is 472 g/mol. The fourth-order valence-corrected chi connectivity index (χ4v) is 5.58. The zero-order valence-corrected chi connectivity index (χ0v) is 20.3. The van der Waals surface area contributed by atoms with Crippen molar-refractivity contribution in [3.63, 3.8) is 0 Å². The molecule has 0 spiro atoms. The monoisotopic (exact) mass is 471 g/mol. The quantitative estimate of drug-likeness (QED) is 0.494. The van der Waals surface area contributed by atoms with Gasteiger partial charge in [0, 0.05) is 28.4 Å². The maximum absolute atomic E-state index is 15.2. The molecule has 7 heteroatoms. The number of rotatable bonds is 4. The van der Waals surface area contributed by atoms with E-state index >= 15 is 4.39 Å². The van der Waals surface area contributed by atoms with Gasteiger partial charge in [0.25, 0.3) is 5.91 Å². The molecule has 1 amide bonds. The highest BCUT2D eigenvalue weighted by Crippen LogP contribution is 2.44. The second-order valence-corrected chi connectivity index (χ2v) is 10.4. The van der Waals surface area contributed by atoms with Crippen molar-refractivity contribution in [2.24, 2.45) is 4.99 Å². The number of carbonyl (C=O) groups excluding carboxylic acids is 1. The Hall–Kier alpha value is -2.31. The van der Waals surface area contributed by atoms with Crippen LogP contribution in [0.3, 0.4) is 0 Å². The van der Waals surface area contributed by atoms with Crippen LogP contribution in [-0.2, 0) is 4.79 Å². The molecule has 0 aliphatic carbocycles. The number of halogens is 2. The molecule has 32 heavy (non-hydrogen) atoms. The van der Waals surface area contributed by atoms with E-state index in [1.165, 1.54) is 11.8 Å². The van der Waals surface area contributed by atoms with Gasteiger partial charge in [-0.3, -0.25) is 4.79 Å². The van der Waals surface area contributed by atoms with Crippen LogP contribution in [0, 0.1) is 5.82 Å². The van der Waals surface area contributed by atoms with Crippen LogP contribution >= 0.6 is 23.4 Å². The molecule has 1 fully saturated rings. The standard InChI is InChI=1S/C25H27ClFN3OS/c1-5-9-30-21-13-20(27)16(10-19(21)15(2)14-25(30,3)4)11-22-23(31)29-24(32-22)28-18-8-6-7-17(26)12-18/h6-8,10-13,15H,5,9,14H2,1-4H3,(H,28,29,31)/b22-11+. The van der Waals surface area contributed by atoms with E-state index in [1.807, 2.05) is 6.07 Å². The molecule has 1 atom stereocenters. The van der Waals surface area contributed by atoms with Gasteiger partial charge in [0.2, 0.25) is 0 Å². The van der Waals surface area contributed by atoms with E-state index in [4.69, 9.17) is 11.6 Å². The van der Waals surface area contributed by atoms with Gasteiger partial charge in [-0.2, -0.15) is 0 Å². The number of hydrogen-bond acceptors (Lipinski definition) is 4. The van der Waals surface area contributed by atoms with E-state index in [-0.39, 0.29) is 17.3 Å². The minimum atomic E-state index is -0.323. The second-order valence-electron chi connectivity index (χ2n) is 8.96. The van der Waals surface area contributed by atoms with Gasteiger partial charge in [0.15, 0.2) is 5.17 Å². The number of anilines is 1. The Morgan fingerprint density at radius 3 is 2.84 bits per heavy atom. The summed E-state index contributed by atoms with van der Waals surface area (Å²) in [5, 5.41) is 3.77. The van der Waals surface area contributed by atoms with Crippen LogP contribution in [0.2, 0.25) is 5.02 Å². The van der Waals surface area contributed by atoms with Crippen molar-refractivity contribution < 1.29 is 9.18 Å². The Morgan fingerprint density at radius 2 is 2.12 bits per heavy atom. The third kappa shape index (κ3) is 4.57. The van der Waals surface area contributed by atoms with Gasteiger partial charge in [-0.25, -0.2) is 9.38 Å². The van der Waals surface area contributed by atoms with Gasteiger partial charge in [0.05, 0.1) is 10.6 Å². The maximum atomic E-state index is 15.2. The number of carbonyl (C=O) groups is 1. The summed E-state index contributed by atoms with van der Waals surface area (Å²) < 4.78 is 15.2. The Bertz CT molecular complexity index is 1130. The van der Waals surface area contributed by atoms with Gasteiger partial charge in [-0.05, 0) is 86.3 Å². The summed E-state index contributed by atoms with van der Waals surface area (Å²) in [5.74, 6) is -0.304. The lowest BCUT2D eigenvalue weighted by atomic mass is 9.79. The van der Waals surface area contributed by atoms with E-state index in [0.29, 0.717) is 32.3 Å². The molecule has 2 aliphatic rings. The Kier molecular flexibility index (Phi) is 6.37. The summed E-state index contributed by atoms with van der Waals surface area (Å²) in [6.45, 7) is 9.65. The summed E-state index contributed by atoms with van der Waals surface area (Å²) in [7, 11) is 0. The fourth-order valence-electron chi connectivity index (χ4n) is 4.56. The van der Waals surface area contributed by atoms with Gasteiger partial charge in [-0.15, -0.1) is 0 Å². The van der Waals surface area contributed by atoms with Crippen molar-refractivity contribution in [3.05, 3.63) is 63.3 Å². The lowest BCUT2D eigenvalue weighted by Gasteiger charge is -2.47. The van der Waals surface area contributed by atoms with Crippen molar-refractivity contribution in [1.82, 2.24) is 5.32 Å². The molecule has 2 aromatic carbocycles. The van der Waals surface area contributed by atoms with Crippen LogP contribution in [0.1, 0.15) is 57.6 Å². The maximum Gasteiger partial charge on any atom is 0.264 e. The third-order valence-electron chi connectivity index (χ3n) is 5.93. The number of thioether (sulfide) groups is 1. The molecule has 0 saturated carbocycles. The minimum absolute atomic E-state index is 0.0261. The number of amides is 1. The molecule has 2 heterocycles. The Labute approximate surface area is 197 Å². The molecule has 4 nitrogen and oxygen atoms in total. The normalized spacial score (nSPS) is 22.4. The molecule has 0 radical (unpaired) electrons. The summed E-state index contributed by atoms with van der Waals surface area (Å²) in [5.41, 5.74) is 3.13. The third-order valence-corrected chi connectivity index (χ3v) is 7.07. The van der Waals surface area contributed by atoms with Crippen molar-refractivity contribution in [2.75, 3.05) is 11.4 Å². The second kappa shape index (κ2) is 8.91. The van der Waals surface area contributed by atoms with E-state index in [0.717, 1.165) is 30.6 Å². The zero-order valence-electron chi connectivity index (χ0n) is 18.7. The van der Waals surface area contributed by atoms with E-state index in [2.05, 4.69) is 42.9 Å². The molecule has 1 N–H and O–H groups in total. The van der Waals surface area contributed by atoms with E-state index < -0.39 is 0 Å². The number of benzene rings is 2. The van der Waals surface area contributed by atoms with Crippen LogP contribution in [-0.4, -0.2) is 23.2 Å². The SMILES string of the molecule is CCCN1c2cc(F)c(/C=C3/SC(=Nc4cccc(Cl)c4)NC3=O)cc2C(C)CC1(C)C. The number of aliphatic imine (C=N–C) groups is 1. The molecule has 1 unspecified atom stereocenters. The molecule has 2 aliphatic heterocycles. The van der Waals surface area contributed by atoms with E-state index in [1.54, 1.807) is 36.4 Å². The number of fused-ring (bicyclic) bond motifs is 1. The number of amidine groups is 1. The van der Waals surface area contributed by atoms with Crippen molar-refractivity contribution in [1.29, 1.82) is 0 Å². The predicted octanol–water partition coefficient (Wildman–Crippen LogP) is 6.87. The summed E-state index contributed by atoms with van der Waals surface area (Å²) >= 11 is 7.21. The van der Waals surface area contributed by atoms with Crippen LogP contribution in [0.4, 0.5) is 15.8 Å². The van der Waals surface area contributed by atoms with Crippen LogP contribution < -0.4 is 10.2 Å². The molecule has 2 aromatic rings. The first-order chi connectivity index (χ1) is 15.2. The number of nitrogens with one attached hydrogen (secondary N) is 1. The predicted molar refractivity (Wildman–Crippen MR) is 133 cm³/mol. The average Bonchev–Trinajstić information content (AvgIpc) is 3.04. The highest BCUT2D eigenvalue weighted by Gasteiger charge is 2.36. The van der Waals surface area contributed by atoms with E-state index in [9.17, 15) is 4.79 Å². The molecule has 0 bridgehead atoms. The lowest BCUT2D eigenvalue weighted by molar-refractivity contribution is -0.115. The van der Waals surface area contributed by atoms with Crippen molar-refractivity contribution >= 4 is 51.9 Å². The van der Waals surface area contributed by atoms with Gasteiger partial charge < -0.3 is 10.2 Å². The number of hydrogen-bond donors (Lipinski definition) is 1. The fraction of sp³-hybridized carbons (Fsp3) is 0.360. The molecule has 0 aromatic heterocycles. The van der Waals surface area contributed by atoms with Gasteiger partial charge in [0.1, 0.15) is 5.82 Å². The van der Waals surface area contributed by atoms with Crippen molar-refractivity contribution in [2.45, 2.75) is 52.0 Å². The topological polar surface area (TPSA) is 44.7 Å². The molecular weight excluding hydrogens is 445 g/mol. The summed E-state index contributed by atoms with van der Waals surface area (Å²) in [4.78, 5) is 19.7. The smallest absolute Gasteiger partial charge is 0.264 e. The summed E-state index contributed by atoms with van der Waals surface area (Å²) in [6, 6.07) is 10.6. The first-order valence-corrected chi connectivity index (χ1v) is 12.0. The molecular formula is C25H27ClFN3OS. The summed E-state index contributed by atoms with van der Waals surface area (Å²) in [6.07, 6.45) is 3.61. The minimum Gasteiger partial charge on any atom is -0.366 e. The largest absolute Gasteiger partial charge is 0.366 e. The van der Waals surface area contributed by atoms with Gasteiger partial charge in [-0.1, -0.05) is 31.5 Å². The Morgan fingerprint density at radius 1 is 1.34 bits per heavy atom. The Balaban J connectivity index is 1.66. The zero-order chi connectivity index (χ0) is 23.0. The highest BCUT2D eigenvalue weighted by molar-refractivity contribution is 8.18. The van der Waals surface area contributed by atoms with Gasteiger partial charge >= 0.3 is 0 Å². The van der Waals surface area contributed by atoms with Crippen LogP contribution in [0.5, 0.6) is 0 Å². The van der Waals surface area contributed by atoms with Crippen LogP contribution in [0.15, 0.2) is 46.3 Å².